The predicted octanol–water partition coefficient (Wildman–Crippen LogP) is 5.51. The van der Waals surface area contributed by atoms with Crippen LogP contribution in [0.2, 0.25) is 0 Å². The van der Waals surface area contributed by atoms with E-state index in [2.05, 4.69) is 15.6 Å². The third kappa shape index (κ3) is 4.17. The van der Waals surface area contributed by atoms with Crippen molar-refractivity contribution in [2.24, 2.45) is 0 Å². The molecule has 1 aliphatic rings. The van der Waals surface area contributed by atoms with Gasteiger partial charge in [0.1, 0.15) is 11.6 Å². The maximum absolute atomic E-state index is 15.0. The molecule has 3 N–H and O–H groups in total. The molecule has 170 valence electrons. The highest BCUT2D eigenvalue weighted by atomic mass is 19.1. The molecule has 0 aliphatic heterocycles. The van der Waals surface area contributed by atoms with Crippen molar-refractivity contribution in [1.82, 2.24) is 10.3 Å². The predicted molar refractivity (Wildman–Crippen MR) is 124 cm³/mol. The van der Waals surface area contributed by atoms with Crippen molar-refractivity contribution in [2.75, 3.05) is 5.32 Å². The number of rotatable bonds is 6. The number of fused-ring (bicyclic) bond motifs is 1. The van der Waals surface area contributed by atoms with Crippen molar-refractivity contribution in [1.29, 1.82) is 0 Å². The Morgan fingerprint density at radius 3 is 2.38 bits per heavy atom. The average molecular weight is 459 g/mol. The Bertz CT molecular complexity index is 1440. The SMILES string of the molecule is O=C(O)c1ccc(-c2cc3c(Nc4ccccc4)c(C(=O)NC4CC4)cnc3cc2F)cc1F. The smallest absolute Gasteiger partial charge is 0.338 e. The van der Waals surface area contributed by atoms with Gasteiger partial charge in [-0.3, -0.25) is 9.78 Å². The minimum Gasteiger partial charge on any atom is -0.478 e. The summed E-state index contributed by atoms with van der Waals surface area (Å²) in [6.07, 6.45) is 3.24. The van der Waals surface area contributed by atoms with Gasteiger partial charge in [-0.2, -0.15) is 0 Å². The number of nitrogens with one attached hydrogen (secondary N) is 2. The minimum atomic E-state index is -1.41. The summed E-state index contributed by atoms with van der Waals surface area (Å²) in [5, 5.41) is 15.7. The van der Waals surface area contributed by atoms with Gasteiger partial charge in [-0.15, -0.1) is 0 Å². The number of hydrogen-bond acceptors (Lipinski definition) is 4. The van der Waals surface area contributed by atoms with Crippen LogP contribution in [0.3, 0.4) is 0 Å². The number of para-hydroxylation sites is 1. The van der Waals surface area contributed by atoms with E-state index in [4.69, 9.17) is 5.11 Å². The molecule has 1 saturated carbocycles. The Morgan fingerprint density at radius 2 is 1.71 bits per heavy atom. The number of amides is 1. The number of anilines is 2. The second-order valence-electron chi connectivity index (χ2n) is 8.13. The van der Waals surface area contributed by atoms with E-state index in [-0.39, 0.29) is 23.1 Å². The van der Waals surface area contributed by atoms with Gasteiger partial charge in [0.15, 0.2) is 0 Å². The summed E-state index contributed by atoms with van der Waals surface area (Å²) in [6.45, 7) is 0. The lowest BCUT2D eigenvalue weighted by Gasteiger charge is -2.16. The van der Waals surface area contributed by atoms with Crippen molar-refractivity contribution in [3.63, 3.8) is 0 Å². The largest absolute Gasteiger partial charge is 0.478 e. The number of carbonyl (C=O) groups excluding carboxylic acids is 1. The van der Waals surface area contributed by atoms with Gasteiger partial charge in [-0.05, 0) is 48.7 Å². The van der Waals surface area contributed by atoms with Crippen LogP contribution in [-0.2, 0) is 0 Å². The molecule has 34 heavy (non-hydrogen) atoms. The highest BCUT2D eigenvalue weighted by Gasteiger charge is 2.26. The van der Waals surface area contributed by atoms with Gasteiger partial charge in [0.05, 0.1) is 22.3 Å². The fourth-order valence-corrected chi connectivity index (χ4v) is 3.75. The molecular formula is C26H19F2N3O3. The molecule has 0 spiro atoms. The van der Waals surface area contributed by atoms with Crippen LogP contribution in [0.15, 0.2) is 66.9 Å². The second-order valence-corrected chi connectivity index (χ2v) is 8.13. The van der Waals surface area contributed by atoms with Gasteiger partial charge in [0.2, 0.25) is 0 Å². The molecule has 4 aromatic rings. The summed E-state index contributed by atoms with van der Waals surface area (Å²) in [7, 11) is 0. The topological polar surface area (TPSA) is 91.3 Å². The summed E-state index contributed by atoms with van der Waals surface area (Å²) in [5.41, 5.74) is 1.49. The lowest BCUT2D eigenvalue weighted by molar-refractivity contribution is 0.0691. The van der Waals surface area contributed by atoms with Crippen LogP contribution in [0.4, 0.5) is 20.2 Å². The molecule has 0 unspecified atom stereocenters. The van der Waals surface area contributed by atoms with Gasteiger partial charge < -0.3 is 15.7 Å². The number of benzene rings is 3. The molecule has 0 bridgehead atoms. The van der Waals surface area contributed by atoms with E-state index in [1.807, 2.05) is 30.3 Å². The number of aromatic carboxylic acids is 1. The summed E-state index contributed by atoms with van der Waals surface area (Å²) in [5.74, 6) is -3.32. The number of aromatic nitrogens is 1. The number of nitrogens with zero attached hydrogens (tertiary/aromatic N) is 1. The summed E-state index contributed by atoms with van der Waals surface area (Å²) < 4.78 is 29.3. The van der Waals surface area contributed by atoms with Crippen molar-refractivity contribution < 1.29 is 23.5 Å². The van der Waals surface area contributed by atoms with E-state index in [1.54, 1.807) is 0 Å². The zero-order chi connectivity index (χ0) is 23.8. The van der Waals surface area contributed by atoms with Gasteiger partial charge in [0.25, 0.3) is 5.91 Å². The van der Waals surface area contributed by atoms with E-state index >= 15 is 4.39 Å². The number of carboxylic acids is 1. The van der Waals surface area contributed by atoms with Crippen molar-refractivity contribution in [3.8, 4) is 11.1 Å². The monoisotopic (exact) mass is 459 g/mol. The van der Waals surface area contributed by atoms with Crippen LogP contribution < -0.4 is 10.6 Å². The van der Waals surface area contributed by atoms with Crippen LogP contribution in [0.5, 0.6) is 0 Å². The Morgan fingerprint density at radius 1 is 0.941 bits per heavy atom. The third-order valence-electron chi connectivity index (χ3n) is 5.67. The molecule has 1 amide bonds. The van der Waals surface area contributed by atoms with Gasteiger partial charge >= 0.3 is 5.97 Å². The molecule has 0 saturated heterocycles. The molecule has 0 atom stereocenters. The Hall–Kier alpha value is -4.33. The highest BCUT2D eigenvalue weighted by Crippen LogP contribution is 2.35. The quantitative estimate of drug-likeness (QED) is 0.354. The number of carboxylic acid groups (broad SMARTS) is 1. The maximum atomic E-state index is 15.0. The van der Waals surface area contributed by atoms with E-state index in [0.717, 1.165) is 30.7 Å². The van der Waals surface area contributed by atoms with E-state index < -0.39 is 23.2 Å². The first-order valence-electron chi connectivity index (χ1n) is 10.7. The lowest BCUT2D eigenvalue weighted by Crippen LogP contribution is -2.26. The van der Waals surface area contributed by atoms with Gasteiger partial charge in [0, 0.05) is 34.9 Å². The Kier molecular flexibility index (Phi) is 5.41. The first-order valence-corrected chi connectivity index (χ1v) is 10.7. The third-order valence-corrected chi connectivity index (χ3v) is 5.67. The molecule has 1 aliphatic carbocycles. The van der Waals surface area contributed by atoms with E-state index in [9.17, 15) is 14.0 Å². The highest BCUT2D eigenvalue weighted by molar-refractivity contribution is 6.09. The number of halogens is 2. The molecule has 1 heterocycles. The summed E-state index contributed by atoms with van der Waals surface area (Å²) in [4.78, 5) is 28.4. The first-order chi connectivity index (χ1) is 16.4. The molecule has 6 nitrogen and oxygen atoms in total. The average Bonchev–Trinajstić information content (AvgIpc) is 3.63. The van der Waals surface area contributed by atoms with Crippen molar-refractivity contribution in [3.05, 3.63) is 89.6 Å². The molecule has 1 aromatic heterocycles. The number of carbonyl (C=O) groups is 2. The fourth-order valence-electron chi connectivity index (χ4n) is 3.75. The summed E-state index contributed by atoms with van der Waals surface area (Å²) in [6, 6.07) is 15.5. The standard InChI is InChI=1S/C26H19F2N3O3/c27-21-10-14(6-9-17(21)26(33)34)18-11-19-23(12-22(18)28)29-13-20(25(32)31-16-7-8-16)24(19)30-15-4-2-1-3-5-15/h1-6,9-13,16H,7-8H2,(H,29,30)(H,31,32)(H,33,34). The van der Waals surface area contributed by atoms with E-state index in [0.29, 0.717) is 22.2 Å². The van der Waals surface area contributed by atoms with Crippen LogP contribution in [0, 0.1) is 11.6 Å². The van der Waals surface area contributed by atoms with Crippen molar-refractivity contribution >= 4 is 34.2 Å². The lowest BCUT2D eigenvalue weighted by atomic mass is 9.99. The molecule has 3 aromatic carbocycles. The van der Waals surface area contributed by atoms with Gasteiger partial charge in [-0.1, -0.05) is 24.3 Å². The minimum absolute atomic E-state index is 0.0565. The van der Waals surface area contributed by atoms with Crippen LogP contribution in [0.25, 0.3) is 22.0 Å². The molecular weight excluding hydrogens is 440 g/mol. The van der Waals surface area contributed by atoms with E-state index in [1.165, 1.54) is 24.4 Å². The number of hydrogen-bond donors (Lipinski definition) is 3. The van der Waals surface area contributed by atoms with Crippen molar-refractivity contribution in [2.45, 2.75) is 18.9 Å². The normalized spacial score (nSPS) is 13.0. The molecule has 0 radical (unpaired) electrons. The molecule has 8 heteroatoms. The van der Waals surface area contributed by atoms with Crippen LogP contribution in [-0.4, -0.2) is 28.0 Å². The number of pyridine rings is 1. The zero-order valence-electron chi connectivity index (χ0n) is 17.8. The summed E-state index contributed by atoms with van der Waals surface area (Å²) >= 11 is 0. The van der Waals surface area contributed by atoms with Crippen LogP contribution in [0.1, 0.15) is 33.6 Å². The molecule has 1 fully saturated rings. The first kappa shape index (κ1) is 21.5. The Labute approximate surface area is 193 Å². The maximum Gasteiger partial charge on any atom is 0.338 e. The molecule has 5 rings (SSSR count). The van der Waals surface area contributed by atoms with Crippen LogP contribution >= 0.6 is 0 Å². The van der Waals surface area contributed by atoms with Gasteiger partial charge in [-0.25, -0.2) is 13.6 Å². The second kappa shape index (κ2) is 8.55. The zero-order valence-corrected chi connectivity index (χ0v) is 17.8. The Balaban J connectivity index is 1.68. The fraction of sp³-hybridized carbons (Fsp3) is 0.115.